The smallest absolute Gasteiger partial charge is 0.00715 e. The van der Waals surface area contributed by atoms with E-state index in [1.165, 1.54) is 49.8 Å². The Morgan fingerprint density at radius 3 is 2.00 bits per heavy atom. The first-order chi connectivity index (χ1) is 5.31. The standard InChI is InChI=1S/C10H20S/c1-3-5-7-9-10(11)8-6-4-2/h3-9H2,1-2H3. The van der Waals surface area contributed by atoms with Gasteiger partial charge in [0.1, 0.15) is 0 Å². The molecule has 0 rings (SSSR count). The highest BCUT2D eigenvalue weighted by atomic mass is 32.1. The van der Waals surface area contributed by atoms with Gasteiger partial charge in [-0.2, -0.15) is 0 Å². The van der Waals surface area contributed by atoms with Crippen molar-refractivity contribution in [1.29, 1.82) is 0 Å². The van der Waals surface area contributed by atoms with Crippen LogP contribution in [0, 0.1) is 0 Å². The highest BCUT2D eigenvalue weighted by Crippen LogP contribution is 2.06. The predicted molar refractivity (Wildman–Crippen MR) is 56.3 cm³/mol. The monoisotopic (exact) mass is 172 g/mol. The minimum Gasteiger partial charge on any atom is -0.0897 e. The third-order valence-electron chi connectivity index (χ3n) is 1.87. The van der Waals surface area contributed by atoms with Crippen LogP contribution in [-0.4, -0.2) is 4.86 Å². The fourth-order valence-electron chi connectivity index (χ4n) is 1.07. The van der Waals surface area contributed by atoms with Crippen molar-refractivity contribution in [3.05, 3.63) is 0 Å². The van der Waals surface area contributed by atoms with Gasteiger partial charge in [-0.05, 0) is 30.5 Å². The van der Waals surface area contributed by atoms with Crippen LogP contribution in [0.5, 0.6) is 0 Å². The van der Waals surface area contributed by atoms with Crippen molar-refractivity contribution in [3.8, 4) is 0 Å². The van der Waals surface area contributed by atoms with Crippen LogP contribution in [0.15, 0.2) is 0 Å². The zero-order chi connectivity index (χ0) is 8.53. The normalized spacial score (nSPS) is 10.0. The summed E-state index contributed by atoms with van der Waals surface area (Å²) < 4.78 is 0. The molecule has 0 nitrogen and oxygen atoms in total. The van der Waals surface area contributed by atoms with Gasteiger partial charge in [-0.3, -0.25) is 0 Å². The number of hydrogen-bond acceptors (Lipinski definition) is 1. The Morgan fingerprint density at radius 1 is 0.909 bits per heavy atom. The highest BCUT2D eigenvalue weighted by molar-refractivity contribution is 7.80. The molecule has 0 saturated heterocycles. The zero-order valence-corrected chi connectivity index (χ0v) is 8.67. The Kier molecular flexibility index (Phi) is 8.26. The van der Waals surface area contributed by atoms with Gasteiger partial charge in [0.25, 0.3) is 0 Å². The van der Waals surface area contributed by atoms with Crippen molar-refractivity contribution in [1.82, 2.24) is 0 Å². The summed E-state index contributed by atoms with van der Waals surface area (Å²) >= 11 is 5.23. The first-order valence-electron chi connectivity index (χ1n) is 4.83. The van der Waals surface area contributed by atoms with E-state index in [1.807, 2.05) is 0 Å². The summed E-state index contributed by atoms with van der Waals surface area (Å²) in [4.78, 5) is 1.29. The summed E-state index contributed by atoms with van der Waals surface area (Å²) in [7, 11) is 0. The van der Waals surface area contributed by atoms with Crippen LogP contribution in [0.3, 0.4) is 0 Å². The molecule has 0 fully saturated rings. The fraction of sp³-hybridized carbons (Fsp3) is 0.900. The van der Waals surface area contributed by atoms with Gasteiger partial charge in [0.05, 0.1) is 0 Å². The molecule has 11 heavy (non-hydrogen) atoms. The minimum atomic E-state index is 1.18. The van der Waals surface area contributed by atoms with Gasteiger partial charge in [0, 0.05) is 0 Å². The molecule has 0 atom stereocenters. The molecule has 0 aliphatic rings. The van der Waals surface area contributed by atoms with Crippen molar-refractivity contribution >= 4 is 17.1 Å². The van der Waals surface area contributed by atoms with Gasteiger partial charge in [0.15, 0.2) is 0 Å². The quantitative estimate of drug-likeness (QED) is 0.411. The molecule has 0 N–H and O–H groups in total. The summed E-state index contributed by atoms with van der Waals surface area (Å²) in [6.45, 7) is 4.45. The Labute approximate surface area is 76.4 Å². The molecule has 0 aliphatic heterocycles. The second kappa shape index (κ2) is 8.19. The summed E-state index contributed by atoms with van der Waals surface area (Å²) in [5, 5.41) is 0. The summed E-state index contributed by atoms with van der Waals surface area (Å²) in [5.74, 6) is 0. The molecule has 0 bridgehead atoms. The second-order valence-electron chi connectivity index (χ2n) is 3.10. The van der Waals surface area contributed by atoms with E-state index in [0.29, 0.717) is 0 Å². The SMILES string of the molecule is CCCCCC(=S)CCCC. The highest BCUT2D eigenvalue weighted by Gasteiger charge is 1.95. The number of hydrogen-bond donors (Lipinski definition) is 0. The minimum absolute atomic E-state index is 1.18. The average Bonchev–Trinajstić information content (AvgIpc) is 2.01. The van der Waals surface area contributed by atoms with Gasteiger partial charge in [-0.1, -0.05) is 45.3 Å². The van der Waals surface area contributed by atoms with Crippen molar-refractivity contribution in [3.63, 3.8) is 0 Å². The van der Waals surface area contributed by atoms with Crippen molar-refractivity contribution < 1.29 is 0 Å². The largest absolute Gasteiger partial charge is 0.0897 e. The maximum atomic E-state index is 5.23. The molecule has 0 unspecified atom stereocenters. The summed E-state index contributed by atoms with van der Waals surface area (Å²) in [6.07, 6.45) is 8.86. The topological polar surface area (TPSA) is 0 Å². The lowest BCUT2D eigenvalue weighted by atomic mass is 10.1. The van der Waals surface area contributed by atoms with E-state index in [4.69, 9.17) is 12.2 Å². The first-order valence-corrected chi connectivity index (χ1v) is 5.23. The third kappa shape index (κ3) is 7.99. The predicted octanol–water partition coefficient (Wildman–Crippen LogP) is 4.13. The molecule has 0 amide bonds. The van der Waals surface area contributed by atoms with Gasteiger partial charge < -0.3 is 0 Å². The van der Waals surface area contributed by atoms with Gasteiger partial charge in [0.2, 0.25) is 0 Å². The fourth-order valence-corrected chi connectivity index (χ4v) is 1.36. The Hall–Kier alpha value is 0.0900. The van der Waals surface area contributed by atoms with E-state index in [9.17, 15) is 0 Å². The van der Waals surface area contributed by atoms with Gasteiger partial charge >= 0.3 is 0 Å². The van der Waals surface area contributed by atoms with E-state index < -0.39 is 0 Å². The van der Waals surface area contributed by atoms with Crippen LogP contribution in [-0.2, 0) is 0 Å². The molecule has 0 radical (unpaired) electrons. The third-order valence-corrected chi connectivity index (χ3v) is 2.28. The van der Waals surface area contributed by atoms with Crippen molar-refractivity contribution in [2.75, 3.05) is 0 Å². The molecule has 66 valence electrons. The zero-order valence-electron chi connectivity index (χ0n) is 7.86. The molecular formula is C10H20S. The average molecular weight is 172 g/mol. The van der Waals surface area contributed by atoms with Crippen LogP contribution < -0.4 is 0 Å². The Balaban J connectivity index is 3.09. The van der Waals surface area contributed by atoms with Crippen LogP contribution in [0.25, 0.3) is 0 Å². The van der Waals surface area contributed by atoms with Crippen LogP contribution >= 0.6 is 12.2 Å². The lowest BCUT2D eigenvalue weighted by Gasteiger charge is -2.00. The van der Waals surface area contributed by atoms with E-state index in [2.05, 4.69) is 13.8 Å². The maximum absolute atomic E-state index is 5.23. The molecular weight excluding hydrogens is 152 g/mol. The van der Waals surface area contributed by atoms with E-state index in [0.717, 1.165) is 0 Å². The number of unbranched alkanes of at least 4 members (excludes halogenated alkanes) is 3. The van der Waals surface area contributed by atoms with E-state index >= 15 is 0 Å². The van der Waals surface area contributed by atoms with Gasteiger partial charge in [-0.25, -0.2) is 0 Å². The van der Waals surface area contributed by atoms with E-state index in [1.54, 1.807) is 0 Å². The van der Waals surface area contributed by atoms with Crippen molar-refractivity contribution in [2.24, 2.45) is 0 Å². The molecule has 0 saturated carbocycles. The molecule has 0 aromatic rings. The first kappa shape index (κ1) is 11.1. The van der Waals surface area contributed by atoms with Gasteiger partial charge in [-0.15, -0.1) is 0 Å². The van der Waals surface area contributed by atoms with E-state index in [-0.39, 0.29) is 0 Å². The Morgan fingerprint density at radius 2 is 1.45 bits per heavy atom. The lowest BCUT2D eigenvalue weighted by Crippen LogP contribution is -1.93. The van der Waals surface area contributed by atoms with Crippen LogP contribution in [0.2, 0.25) is 0 Å². The molecule has 0 aliphatic carbocycles. The Bertz CT molecular complexity index is 97.0. The molecule has 0 spiro atoms. The van der Waals surface area contributed by atoms with Crippen LogP contribution in [0.1, 0.15) is 58.8 Å². The molecule has 0 aromatic carbocycles. The second-order valence-corrected chi connectivity index (χ2v) is 3.68. The molecule has 0 aromatic heterocycles. The van der Waals surface area contributed by atoms with Crippen LogP contribution in [0.4, 0.5) is 0 Å². The van der Waals surface area contributed by atoms with Crippen molar-refractivity contribution in [2.45, 2.75) is 58.8 Å². The number of rotatable bonds is 7. The maximum Gasteiger partial charge on any atom is -0.00715 e. The number of thiocarbonyl (C=S) groups is 1. The molecule has 0 heterocycles. The lowest BCUT2D eigenvalue weighted by molar-refractivity contribution is 0.733. The summed E-state index contributed by atoms with van der Waals surface area (Å²) in [6, 6.07) is 0. The summed E-state index contributed by atoms with van der Waals surface area (Å²) in [5.41, 5.74) is 0. The molecule has 1 heteroatoms.